The van der Waals surface area contributed by atoms with Crippen LogP contribution < -0.4 is 10.0 Å². The minimum atomic E-state index is -3.64. The summed E-state index contributed by atoms with van der Waals surface area (Å²) in [6.45, 7) is 6.36. The summed E-state index contributed by atoms with van der Waals surface area (Å²) in [7, 11) is -3.64. The Kier molecular flexibility index (Phi) is 5.29. The van der Waals surface area contributed by atoms with Crippen molar-refractivity contribution in [2.45, 2.75) is 32.2 Å². The number of rotatable bonds is 6. The van der Waals surface area contributed by atoms with E-state index in [0.29, 0.717) is 23.6 Å². The van der Waals surface area contributed by atoms with Crippen LogP contribution in [-0.4, -0.2) is 30.4 Å². The van der Waals surface area contributed by atoms with Crippen LogP contribution in [0.3, 0.4) is 0 Å². The molecule has 0 saturated heterocycles. The predicted molar refractivity (Wildman–Crippen MR) is 105 cm³/mol. The molecule has 0 aliphatic rings. The van der Waals surface area contributed by atoms with Crippen molar-refractivity contribution in [3.05, 3.63) is 53.6 Å². The summed E-state index contributed by atoms with van der Waals surface area (Å²) < 4.78 is 28.8. The smallest absolute Gasteiger partial charge is 0.258 e. The van der Waals surface area contributed by atoms with Crippen molar-refractivity contribution in [3.8, 4) is 0 Å². The maximum absolute atomic E-state index is 12.8. The number of aromatic nitrogens is 2. The minimum Gasteiger partial charge on any atom is -0.310 e. The van der Waals surface area contributed by atoms with Gasteiger partial charge in [-0.15, -0.1) is 0 Å². The number of para-hydroxylation sites is 2. The molecule has 3 rings (SSSR count). The molecule has 0 unspecified atom stereocenters. The summed E-state index contributed by atoms with van der Waals surface area (Å²) in [5, 5.41) is 2.82. The Morgan fingerprint density at radius 1 is 1.15 bits per heavy atom. The first kappa shape index (κ1) is 19.1. The number of fused-ring (bicyclic) bond motifs is 1. The van der Waals surface area contributed by atoms with Crippen molar-refractivity contribution in [3.63, 3.8) is 0 Å². The maximum atomic E-state index is 12.8. The van der Waals surface area contributed by atoms with Crippen molar-refractivity contribution in [1.29, 1.82) is 0 Å². The number of nitrogens with one attached hydrogen (secondary N) is 2. The molecule has 3 aromatic rings. The van der Waals surface area contributed by atoms with E-state index in [4.69, 9.17) is 0 Å². The molecule has 0 aliphatic carbocycles. The lowest BCUT2D eigenvalue weighted by Crippen LogP contribution is -2.24. The van der Waals surface area contributed by atoms with Gasteiger partial charge in [0.25, 0.3) is 5.91 Å². The van der Waals surface area contributed by atoms with Crippen LogP contribution in [0.2, 0.25) is 0 Å². The quantitative estimate of drug-likeness (QED) is 0.681. The zero-order valence-electron chi connectivity index (χ0n) is 15.5. The molecule has 7 nitrogen and oxygen atoms in total. The molecular weight excluding hydrogens is 364 g/mol. The Bertz CT molecular complexity index is 1100. The van der Waals surface area contributed by atoms with Crippen LogP contribution in [0.25, 0.3) is 11.0 Å². The van der Waals surface area contributed by atoms with Crippen molar-refractivity contribution >= 4 is 32.9 Å². The molecule has 0 aliphatic heterocycles. The van der Waals surface area contributed by atoms with Gasteiger partial charge in [0.05, 0.1) is 15.9 Å². The highest BCUT2D eigenvalue weighted by Gasteiger charge is 2.19. The van der Waals surface area contributed by atoms with E-state index in [1.165, 1.54) is 12.1 Å². The molecule has 0 radical (unpaired) electrons. The number of carbonyl (C=O) groups is 1. The summed E-state index contributed by atoms with van der Waals surface area (Å²) in [4.78, 5) is 17.4. The van der Waals surface area contributed by atoms with Crippen LogP contribution in [0.4, 0.5) is 5.95 Å². The summed E-state index contributed by atoms with van der Waals surface area (Å²) in [6.07, 6.45) is 0. The van der Waals surface area contributed by atoms with E-state index in [-0.39, 0.29) is 11.4 Å². The molecule has 2 aromatic carbocycles. The number of amides is 1. The highest BCUT2D eigenvalue weighted by molar-refractivity contribution is 7.89. The third-order valence-electron chi connectivity index (χ3n) is 4.29. The van der Waals surface area contributed by atoms with Crippen molar-refractivity contribution in [2.75, 3.05) is 11.9 Å². The molecule has 0 saturated carbocycles. The Hall–Kier alpha value is -2.71. The zero-order valence-corrected chi connectivity index (χ0v) is 16.3. The third kappa shape index (κ3) is 3.72. The van der Waals surface area contributed by atoms with Crippen LogP contribution in [0.15, 0.2) is 47.4 Å². The largest absolute Gasteiger partial charge is 0.310 e. The molecule has 1 aromatic heterocycles. The fraction of sp³-hybridized carbons (Fsp3) is 0.263. The Morgan fingerprint density at radius 3 is 2.59 bits per heavy atom. The second kappa shape index (κ2) is 7.50. The summed E-state index contributed by atoms with van der Waals surface area (Å²) in [6, 6.07) is 12.1. The average Bonchev–Trinajstić information content (AvgIpc) is 2.98. The lowest BCUT2D eigenvalue weighted by atomic mass is 10.1. The van der Waals surface area contributed by atoms with Crippen molar-refractivity contribution < 1.29 is 13.2 Å². The van der Waals surface area contributed by atoms with Gasteiger partial charge in [0.1, 0.15) is 0 Å². The number of aryl methyl sites for hydroxylation is 2. The molecule has 0 atom stereocenters. The normalized spacial score (nSPS) is 11.7. The van der Waals surface area contributed by atoms with Crippen LogP contribution in [0.1, 0.15) is 29.8 Å². The number of hydrogen-bond donors (Lipinski definition) is 2. The van der Waals surface area contributed by atoms with Gasteiger partial charge in [-0.1, -0.05) is 25.1 Å². The van der Waals surface area contributed by atoms with Gasteiger partial charge in [-0.2, -0.15) is 0 Å². The van der Waals surface area contributed by atoms with Crippen molar-refractivity contribution in [1.82, 2.24) is 14.3 Å². The number of nitrogens with zero attached hydrogens (tertiary/aromatic N) is 2. The van der Waals surface area contributed by atoms with Gasteiger partial charge in [-0.05, 0) is 43.7 Å². The average molecular weight is 386 g/mol. The van der Waals surface area contributed by atoms with E-state index in [2.05, 4.69) is 15.0 Å². The lowest BCUT2D eigenvalue weighted by molar-refractivity contribution is 0.102. The number of anilines is 1. The lowest BCUT2D eigenvalue weighted by Gasteiger charge is -2.11. The number of sulfonamides is 1. The number of imidazole rings is 1. The number of carbonyl (C=O) groups excluding carboxylic acids is 1. The fourth-order valence-corrected chi connectivity index (χ4v) is 4.01. The minimum absolute atomic E-state index is 0.0593. The van der Waals surface area contributed by atoms with Gasteiger partial charge in [-0.25, -0.2) is 18.1 Å². The monoisotopic (exact) mass is 386 g/mol. The first-order chi connectivity index (χ1) is 12.9. The van der Waals surface area contributed by atoms with Gasteiger partial charge in [0.15, 0.2) is 0 Å². The van der Waals surface area contributed by atoms with Gasteiger partial charge < -0.3 is 4.57 Å². The summed E-state index contributed by atoms with van der Waals surface area (Å²) in [5.41, 5.74) is 2.69. The Morgan fingerprint density at radius 2 is 1.89 bits per heavy atom. The first-order valence-electron chi connectivity index (χ1n) is 8.74. The second-order valence-corrected chi connectivity index (χ2v) is 7.87. The summed E-state index contributed by atoms with van der Waals surface area (Å²) >= 11 is 0. The van der Waals surface area contributed by atoms with Crippen LogP contribution in [0, 0.1) is 6.92 Å². The standard InChI is InChI=1S/C19H22N4O3S/c1-4-20-27(25,26)14-11-10-13(3)15(12-14)18(24)22-19-21-16-8-6-7-9-17(16)23(19)5-2/h6-12,20H,4-5H2,1-3H3,(H,21,22,24). The molecule has 0 fully saturated rings. The zero-order chi connectivity index (χ0) is 19.6. The van der Waals surface area contributed by atoms with Gasteiger partial charge in [0, 0.05) is 18.7 Å². The van der Waals surface area contributed by atoms with Gasteiger partial charge in [0.2, 0.25) is 16.0 Å². The van der Waals surface area contributed by atoms with Crippen molar-refractivity contribution in [2.24, 2.45) is 0 Å². The second-order valence-electron chi connectivity index (χ2n) is 6.10. The van der Waals surface area contributed by atoms with Gasteiger partial charge >= 0.3 is 0 Å². The number of hydrogen-bond acceptors (Lipinski definition) is 4. The molecule has 0 bridgehead atoms. The Balaban J connectivity index is 1.98. The van der Waals surface area contributed by atoms with E-state index >= 15 is 0 Å². The molecule has 1 heterocycles. The highest BCUT2D eigenvalue weighted by Crippen LogP contribution is 2.21. The van der Waals surface area contributed by atoms with Crippen LogP contribution in [0.5, 0.6) is 0 Å². The third-order valence-corrected chi connectivity index (χ3v) is 5.84. The van der Waals surface area contributed by atoms with E-state index < -0.39 is 15.9 Å². The van der Waals surface area contributed by atoms with E-state index in [1.807, 2.05) is 35.8 Å². The highest BCUT2D eigenvalue weighted by atomic mass is 32.2. The molecule has 1 amide bonds. The maximum Gasteiger partial charge on any atom is 0.258 e. The van der Waals surface area contributed by atoms with Gasteiger partial charge in [-0.3, -0.25) is 10.1 Å². The molecule has 2 N–H and O–H groups in total. The predicted octanol–water partition coefficient (Wildman–Crippen LogP) is 2.92. The molecule has 27 heavy (non-hydrogen) atoms. The topological polar surface area (TPSA) is 93.1 Å². The SMILES string of the molecule is CCNS(=O)(=O)c1ccc(C)c(C(=O)Nc2nc3ccccc3n2CC)c1. The first-order valence-corrected chi connectivity index (χ1v) is 10.2. The van der Waals surface area contributed by atoms with E-state index in [9.17, 15) is 13.2 Å². The fourth-order valence-electron chi connectivity index (χ4n) is 2.95. The van der Waals surface area contributed by atoms with Crippen LogP contribution in [-0.2, 0) is 16.6 Å². The van der Waals surface area contributed by atoms with E-state index in [1.54, 1.807) is 19.9 Å². The van der Waals surface area contributed by atoms with E-state index in [0.717, 1.165) is 11.0 Å². The molecule has 0 spiro atoms. The van der Waals surface area contributed by atoms with Crippen LogP contribution >= 0.6 is 0 Å². The number of benzene rings is 2. The summed E-state index contributed by atoms with van der Waals surface area (Å²) in [5.74, 6) is 0.0362. The molecular formula is C19H22N4O3S. The molecule has 8 heteroatoms. The molecule has 142 valence electrons. The Labute approximate surface area is 158 Å².